The molecule has 0 aliphatic heterocycles. The van der Waals surface area contributed by atoms with Gasteiger partial charge in [-0.15, -0.1) is 11.3 Å². The van der Waals surface area contributed by atoms with Crippen molar-refractivity contribution >= 4 is 63.7 Å². The van der Waals surface area contributed by atoms with Crippen LogP contribution in [-0.2, 0) is 11.2 Å². The Morgan fingerprint density at radius 1 is 1.00 bits per heavy atom. The van der Waals surface area contributed by atoms with Gasteiger partial charge in [0.2, 0.25) is 0 Å². The van der Waals surface area contributed by atoms with E-state index in [4.69, 9.17) is 44.3 Å². The van der Waals surface area contributed by atoms with Crippen molar-refractivity contribution in [2.75, 3.05) is 5.32 Å². The first-order valence-electron chi connectivity index (χ1n) is 9.13. The molecule has 0 bridgehead atoms. The zero-order chi connectivity index (χ0) is 22.8. The Morgan fingerprint density at radius 3 is 2.50 bits per heavy atom. The smallest absolute Gasteiger partial charge is 0.310 e. The van der Waals surface area contributed by atoms with Crippen LogP contribution in [0.3, 0.4) is 0 Å². The van der Waals surface area contributed by atoms with Gasteiger partial charge in [0.1, 0.15) is 16.5 Å². The van der Waals surface area contributed by atoms with Crippen LogP contribution in [0.25, 0.3) is 22.8 Å². The zero-order valence-corrected chi connectivity index (χ0v) is 19.1. The minimum Gasteiger partial charge on any atom is -0.481 e. The largest absolute Gasteiger partial charge is 0.481 e. The number of carboxylic acids is 1. The number of hydrogen-bond donors (Lipinski definition) is 2. The number of carbonyl (C=O) groups is 2. The molecule has 0 fully saturated rings. The van der Waals surface area contributed by atoms with Crippen LogP contribution in [-0.4, -0.2) is 22.0 Å². The number of anilines is 1. The van der Waals surface area contributed by atoms with Crippen molar-refractivity contribution in [1.29, 1.82) is 0 Å². The molecule has 2 heterocycles. The summed E-state index contributed by atoms with van der Waals surface area (Å²) in [6.45, 7) is 0. The first-order valence-corrected chi connectivity index (χ1v) is 11.1. The predicted octanol–water partition coefficient (Wildman–Crippen LogP) is 6.91. The SMILES string of the molecule is O=C(O)Cc1nc(-c2ccc(-c3ccc(NC(=O)c4ccc(Cl)cc4Cl)cc3Cl)o2)cs1. The minimum absolute atomic E-state index is 0.140. The average molecular weight is 508 g/mol. The first-order chi connectivity index (χ1) is 15.3. The van der Waals surface area contributed by atoms with Crippen LogP contribution in [0.5, 0.6) is 0 Å². The fourth-order valence-electron chi connectivity index (χ4n) is 2.92. The monoisotopic (exact) mass is 506 g/mol. The molecular weight excluding hydrogens is 495 g/mol. The number of nitrogens with zero attached hydrogens (tertiary/aromatic N) is 1. The fourth-order valence-corrected chi connectivity index (χ4v) is 4.46. The number of nitrogens with one attached hydrogen (secondary N) is 1. The molecule has 1 amide bonds. The summed E-state index contributed by atoms with van der Waals surface area (Å²) in [5.41, 5.74) is 1.95. The molecule has 0 radical (unpaired) electrons. The summed E-state index contributed by atoms with van der Waals surface area (Å²) in [6, 6.07) is 13.1. The molecule has 162 valence electrons. The van der Waals surface area contributed by atoms with Crippen LogP contribution in [0.4, 0.5) is 5.69 Å². The molecule has 0 spiro atoms. The minimum atomic E-state index is -0.941. The van der Waals surface area contributed by atoms with E-state index in [9.17, 15) is 9.59 Å². The maximum atomic E-state index is 12.5. The molecular formula is C22H13Cl3N2O4S. The molecule has 2 N–H and O–H groups in total. The second-order valence-electron chi connectivity index (χ2n) is 6.63. The highest BCUT2D eigenvalue weighted by Gasteiger charge is 2.15. The van der Waals surface area contributed by atoms with Crippen molar-refractivity contribution in [2.45, 2.75) is 6.42 Å². The quantitative estimate of drug-likeness (QED) is 0.296. The molecule has 4 rings (SSSR count). The van der Waals surface area contributed by atoms with E-state index >= 15 is 0 Å². The highest BCUT2D eigenvalue weighted by Crippen LogP contribution is 2.35. The molecule has 0 saturated heterocycles. The average Bonchev–Trinajstić information content (AvgIpc) is 3.37. The van der Waals surface area contributed by atoms with Gasteiger partial charge >= 0.3 is 5.97 Å². The topological polar surface area (TPSA) is 92.4 Å². The van der Waals surface area contributed by atoms with Crippen LogP contribution in [0.15, 0.2) is 58.3 Å². The van der Waals surface area contributed by atoms with E-state index in [1.807, 2.05) is 0 Å². The number of rotatable bonds is 6. The Hall–Kier alpha value is -2.84. The van der Waals surface area contributed by atoms with Crippen LogP contribution in [0.1, 0.15) is 15.4 Å². The van der Waals surface area contributed by atoms with Crippen molar-refractivity contribution in [3.05, 3.63) is 79.5 Å². The lowest BCUT2D eigenvalue weighted by Gasteiger charge is -2.09. The summed E-state index contributed by atoms with van der Waals surface area (Å²) >= 11 is 19.6. The van der Waals surface area contributed by atoms with E-state index in [1.165, 1.54) is 17.4 Å². The fraction of sp³-hybridized carbons (Fsp3) is 0.0455. The van der Waals surface area contributed by atoms with E-state index in [0.717, 1.165) is 0 Å². The highest BCUT2D eigenvalue weighted by molar-refractivity contribution is 7.10. The molecule has 0 aliphatic rings. The third-order valence-corrected chi connectivity index (χ3v) is 6.09. The van der Waals surface area contributed by atoms with E-state index < -0.39 is 11.9 Å². The van der Waals surface area contributed by atoms with Crippen molar-refractivity contribution in [3.8, 4) is 22.8 Å². The number of aromatic nitrogens is 1. The second kappa shape index (κ2) is 9.34. The summed E-state index contributed by atoms with van der Waals surface area (Å²) in [5, 5.41) is 14.9. The molecule has 6 nitrogen and oxygen atoms in total. The van der Waals surface area contributed by atoms with Gasteiger partial charge in [0.25, 0.3) is 5.91 Å². The van der Waals surface area contributed by atoms with Crippen molar-refractivity contribution in [3.63, 3.8) is 0 Å². The van der Waals surface area contributed by atoms with Crippen LogP contribution >= 0.6 is 46.1 Å². The third kappa shape index (κ3) is 4.97. The Bertz CT molecular complexity index is 1330. The maximum absolute atomic E-state index is 12.5. The van der Waals surface area contributed by atoms with Gasteiger partial charge < -0.3 is 14.8 Å². The summed E-state index contributed by atoms with van der Waals surface area (Å²) in [5.74, 6) is -0.324. The molecule has 10 heteroatoms. The third-order valence-electron chi connectivity index (χ3n) is 4.38. The summed E-state index contributed by atoms with van der Waals surface area (Å²) in [4.78, 5) is 27.6. The molecule has 2 aromatic heterocycles. The predicted molar refractivity (Wildman–Crippen MR) is 126 cm³/mol. The number of halogens is 3. The number of aliphatic carboxylic acids is 1. The van der Waals surface area contributed by atoms with Crippen LogP contribution in [0.2, 0.25) is 15.1 Å². The number of amides is 1. The van der Waals surface area contributed by atoms with Gasteiger partial charge in [0, 0.05) is 21.7 Å². The molecule has 0 saturated carbocycles. The van der Waals surface area contributed by atoms with Crippen LogP contribution in [0, 0.1) is 0 Å². The number of furan rings is 1. The van der Waals surface area contributed by atoms with Crippen molar-refractivity contribution < 1.29 is 19.1 Å². The summed E-state index contributed by atoms with van der Waals surface area (Å²) in [7, 11) is 0. The van der Waals surface area contributed by atoms with Gasteiger partial charge in [0.15, 0.2) is 5.76 Å². The molecule has 0 unspecified atom stereocenters. The van der Waals surface area contributed by atoms with Gasteiger partial charge in [-0.2, -0.15) is 0 Å². The maximum Gasteiger partial charge on any atom is 0.310 e. The van der Waals surface area contributed by atoms with Gasteiger partial charge in [-0.1, -0.05) is 34.8 Å². The number of carboxylic acid groups (broad SMARTS) is 1. The van der Waals surface area contributed by atoms with Gasteiger partial charge in [-0.05, 0) is 48.5 Å². The lowest BCUT2D eigenvalue weighted by Crippen LogP contribution is -2.12. The Morgan fingerprint density at radius 2 is 1.78 bits per heavy atom. The van der Waals surface area contributed by atoms with Gasteiger partial charge in [0.05, 0.1) is 22.0 Å². The van der Waals surface area contributed by atoms with E-state index in [0.29, 0.717) is 43.5 Å². The van der Waals surface area contributed by atoms with Crippen LogP contribution < -0.4 is 5.32 Å². The number of hydrogen-bond acceptors (Lipinski definition) is 5. The van der Waals surface area contributed by atoms with E-state index in [2.05, 4.69) is 10.3 Å². The summed E-state index contributed by atoms with van der Waals surface area (Å²) in [6.07, 6.45) is -0.140. The van der Waals surface area contributed by atoms with E-state index in [1.54, 1.807) is 47.8 Å². The number of carbonyl (C=O) groups excluding carboxylic acids is 1. The highest BCUT2D eigenvalue weighted by atomic mass is 35.5. The lowest BCUT2D eigenvalue weighted by molar-refractivity contribution is -0.136. The molecule has 4 aromatic rings. The molecule has 0 aliphatic carbocycles. The Labute approximate surface area is 201 Å². The zero-order valence-electron chi connectivity index (χ0n) is 16.1. The molecule has 0 atom stereocenters. The summed E-state index contributed by atoms with van der Waals surface area (Å²) < 4.78 is 5.87. The lowest BCUT2D eigenvalue weighted by atomic mass is 10.1. The molecule has 32 heavy (non-hydrogen) atoms. The normalized spacial score (nSPS) is 10.8. The first kappa shape index (κ1) is 22.4. The van der Waals surface area contributed by atoms with Gasteiger partial charge in [-0.25, -0.2) is 4.98 Å². The number of benzene rings is 2. The Balaban J connectivity index is 1.52. The second-order valence-corrected chi connectivity index (χ2v) is 8.83. The standard InChI is InChI=1S/C22H13Cl3N2O4S/c23-11-1-3-14(15(24)7-11)22(30)26-12-2-4-13(16(25)8-12)18-5-6-19(31-18)17-10-32-20(27-17)9-21(28)29/h1-8,10H,9H2,(H,26,30)(H,28,29). The Kier molecular flexibility index (Phi) is 6.53. The van der Waals surface area contributed by atoms with Crippen molar-refractivity contribution in [1.82, 2.24) is 4.98 Å². The molecule has 2 aromatic carbocycles. The van der Waals surface area contributed by atoms with Crippen molar-refractivity contribution in [2.24, 2.45) is 0 Å². The van der Waals surface area contributed by atoms with E-state index in [-0.39, 0.29) is 17.0 Å². The van der Waals surface area contributed by atoms with Gasteiger partial charge in [-0.3, -0.25) is 9.59 Å². The number of thiazole rings is 1.